The Morgan fingerprint density at radius 2 is 1.83 bits per heavy atom. The summed E-state index contributed by atoms with van der Waals surface area (Å²) >= 11 is 13.0. The van der Waals surface area contributed by atoms with E-state index < -0.39 is 8.32 Å². The summed E-state index contributed by atoms with van der Waals surface area (Å²) in [5, 5.41) is 1.61. The van der Waals surface area contributed by atoms with Gasteiger partial charge in [-0.15, -0.1) is 0 Å². The molecule has 1 aliphatic carbocycles. The van der Waals surface area contributed by atoms with Gasteiger partial charge in [0.2, 0.25) is 0 Å². The minimum atomic E-state index is -1.83. The van der Waals surface area contributed by atoms with Gasteiger partial charge < -0.3 is 9.16 Å². The number of benzene rings is 2. The minimum absolute atomic E-state index is 0.178. The largest absolute Gasteiger partial charge is 0.466 e. The predicted molar refractivity (Wildman–Crippen MR) is 153 cm³/mol. The molecule has 0 N–H and O–H groups in total. The quantitative estimate of drug-likeness (QED) is 0.173. The van der Waals surface area contributed by atoms with Crippen LogP contribution in [0.5, 0.6) is 0 Å². The number of hydrogen-bond acceptors (Lipinski definition) is 4. The maximum Gasteiger partial charge on any atom is 0.330 e. The zero-order valence-electron chi connectivity index (χ0n) is 22.4. The zero-order valence-corrected chi connectivity index (χ0v) is 24.9. The van der Waals surface area contributed by atoms with E-state index in [1.54, 1.807) is 0 Å². The van der Waals surface area contributed by atoms with Crippen molar-refractivity contribution in [1.82, 2.24) is 4.90 Å². The summed E-state index contributed by atoms with van der Waals surface area (Å²) in [4.78, 5) is 14.0. The van der Waals surface area contributed by atoms with Gasteiger partial charge in [0.15, 0.2) is 8.32 Å². The fourth-order valence-electron chi connectivity index (χ4n) is 4.41. The molecule has 1 unspecified atom stereocenters. The van der Waals surface area contributed by atoms with Crippen LogP contribution in [0.3, 0.4) is 0 Å². The van der Waals surface area contributed by atoms with E-state index in [0.29, 0.717) is 22.7 Å². The van der Waals surface area contributed by atoms with E-state index in [4.69, 9.17) is 32.4 Å². The van der Waals surface area contributed by atoms with Crippen LogP contribution >= 0.6 is 23.2 Å². The van der Waals surface area contributed by atoms with Crippen molar-refractivity contribution in [2.24, 2.45) is 0 Å². The van der Waals surface area contributed by atoms with Gasteiger partial charge in [-0.25, -0.2) is 4.79 Å². The molecule has 7 heteroatoms. The first kappa shape index (κ1) is 28.9. The summed E-state index contributed by atoms with van der Waals surface area (Å²) < 4.78 is 11.3. The summed E-state index contributed by atoms with van der Waals surface area (Å²) in [5.74, 6) is -0.348. The molecule has 3 rings (SSSR count). The SMILES string of the molecule is COC(=O)/C=C/c1ccc2c(c1)CCC2N(CCO[Si](C)(C)C(C)(C)C)CCc1c(Cl)cccc1Cl. The fourth-order valence-corrected chi connectivity index (χ4v) is 6.04. The lowest BCUT2D eigenvalue weighted by Gasteiger charge is -2.37. The van der Waals surface area contributed by atoms with Gasteiger partial charge >= 0.3 is 5.97 Å². The number of carbonyl (C=O) groups is 1. The lowest BCUT2D eigenvalue weighted by Crippen LogP contribution is -2.43. The smallest absolute Gasteiger partial charge is 0.330 e. The van der Waals surface area contributed by atoms with Crippen LogP contribution in [0.4, 0.5) is 0 Å². The lowest BCUT2D eigenvalue weighted by molar-refractivity contribution is -0.134. The Labute approximate surface area is 227 Å². The summed E-state index contributed by atoms with van der Waals surface area (Å²) in [6, 6.07) is 12.5. The third kappa shape index (κ3) is 7.23. The molecule has 0 saturated carbocycles. The van der Waals surface area contributed by atoms with Crippen molar-refractivity contribution in [3.63, 3.8) is 0 Å². The zero-order chi connectivity index (χ0) is 26.5. The van der Waals surface area contributed by atoms with E-state index in [-0.39, 0.29) is 11.0 Å². The van der Waals surface area contributed by atoms with Gasteiger partial charge in [-0.1, -0.05) is 68.2 Å². The average Bonchev–Trinajstić information content (AvgIpc) is 3.23. The van der Waals surface area contributed by atoms with Crippen LogP contribution in [-0.4, -0.2) is 46.0 Å². The number of fused-ring (bicyclic) bond motifs is 1. The number of aryl methyl sites for hydroxylation is 1. The average molecular weight is 549 g/mol. The van der Waals surface area contributed by atoms with E-state index in [0.717, 1.165) is 43.5 Å². The van der Waals surface area contributed by atoms with Gasteiger partial charge in [0, 0.05) is 41.9 Å². The summed E-state index contributed by atoms with van der Waals surface area (Å²) in [5.41, 5.74) is 4.69. The van der Waals surface area contributed by atoms with Crippen molar-refractivity contribution in [3.8, 4) is 0 Å². The first-order chi connectivity index (χ1) is 16.9. The summed E-state index contributed by atoms with van der Waals surface area (Å²) in [6.45, 7) is 13.8. The molecule has 0 amide bonds. The molecular weight excluding hydrogens is 509 g/mol. The van der Waals surface area contributed by atoms with Crippen molar-refractivity contribution < 1.29 is 14.0 Å². The van der Waals surface area contributed by atoms with Gasteiger partial charge in [-0.05, 0) is 77.9 Å². The Bertz CT molecular complexity index is 1070. The molecule has 2 aromatic carbocycles. The van der Waals surface area contributed by atoms with E-state index in [1.165, 1.54) is 24.3 Å². The Hall–Kier alpha value is -1.63. The number of halogens is 2. The molecule has 0 spiro atoms. The van der Waals surface area contributed by atoms with Gasteiger partial charge in [0.1, 0.15) is 0 Å². The molecule has 0 saturated heterocycles. The van der Waals surface area contributed by atoms with Gasteiger partial charge in [0.25, 0.3) is 0 Å². The Morgan fingerprint density at radius 1 is 1.14 bits per heavy atom. The van der Waals surface area contributed by atoms with E-state index in [1.807, 2.05) is 24.3 Å². The van der Waals surface area contributed by atoms with Crippen molar-refractivity contribution in [2.45, 2.75) is 64.2 Å². The second-order valence-corrected chi connectivity index (χ2v) is 16.6. The highest BCUT2D eigenvalue weighted by molar-refractivity contribution is 6.74. The van der Waals surface area contributed by atoms with Crippen molar-refractivity contribution in [2.75, 3.05) is 26.8 Å². The standard InChI is InChI=1S/C29H39Cl2NO3Si/c1-29(2,3)36(5,6)35-19-18-32(17-16-24-25(30)8-7-9-26(24)31)27-14-12-22-20-21(10-13-23(22)27)11-15-28(33)34-4/h7-11,13,15,20,27H,12,14,16-19H2,1-6H3/b15-11+. The van der Waals surface area contributed by atoms with E-state index in [9.17, 15) is 4.79 Å². The number of esters is 1. The van der Waals surface area contributed by atoms with Crippen LogP contribution in [0, 0.1) is 0 Å². The molecule has 0 heterocycles. The molecule has 0 bridgehead atoms. The minimum Gasteiger partial charge on any atom is -0.466 e. The van der Waals surface area contributed by atoms with Crippen molar-refractivity contribution in [3.05, 3.63) is 74.8 Å². The van der Waals surface area contributed by atoms with Gasteiger partial charge in [0.05, 0.1) is 7.11 Å². The highest BCUT2D eigenvalue weighted by atomic mass is 35.5. The van der Waals surface area contributed by atoms with Crippen LogP contribution in [0.1, 0.15) is 55.5 Å². The molecule has 196 valence electrons. The lowest BCUT2D eigenvalue weighted by atomic mass is 10.0. The van der Waals surface area contributed by atoms with Crippen molar-refractivity contribution in [1.29, 1.82) is 0 Å². The molecule has 1 aliphatic rings. The molecule has 0 aromatic heterocycles. The molecule has 0 fully saturated rings. The molecule has 1 atom stereocenters. The highest BCUT2D eigenvalue weighted by Crippen LogP contribution is 2.39. The van der Waals surface area contributed by atoms with Crippen LogP contribution in [0.15, 0.2) is 42.5 Å². The van der Waals surface area contributed by atoms with Gasteiger partial charge in [-0.3, -0.25) is 4.90 Å². The number of rotatable bonds is 10. The van der Waals surface area contributed by atoms with Crippen LogP contribution in [-0.2, 0) is 26.8 Å². The maximum atomic E-state index is 11.5. The second kappa shape index (κ2) is 12.3. The normalized spacial score (nSPS) is 16.1. The van der Waals surface area contributed by atoms with Crippen LogP contribution in [0.2, 0.25) is 28.2 Å². The number of nitrogens with zero attached hydrogens (tertiary/aromatic N) is 1. The molecule has 0 radical (unpaired) electrons. The highest BCUT2D eigenvalue weighted by Gasteiger charge is 2.37. The fraction of sp³-hybridized carbons (Fsp3) is 0.483. The van der Waals surface area contributed by atoms with E-state index >= 15 is 0 Å². The monoisotopic (exact) mass is 547 g/mol. The molecule has 0 aliphatic heterocycles. The topological polar surface area (TPSA) is 38.8 Å². The number of hydrogen-bond donors (Lipinski definition) is 0. The first-order valence-electron chi connectivity index (χ1n) is 12.6. The maximum absolute atomic E-state index is 11.5. The van der Waals surface area contributed by atoms with E-state index in [2.05, 4.69) is 57.0 Å². The number of carbonyl (C=O) groups excluding carboxylic acids is 1. The third-order valence-corrected chi connectivity index (χ3v) is 12.9. The molecule has 36 heavy (non-hydrogen) atoms. The first-order valence-corrected chi connectivity index (χ1v) is 16.3. The predicted octanol–water partition coefficient (Wildman–Crippen LogP) is 7.73. The molecular formula is C29H39Cl2NO3Si. The summed E-state index contributed by atoms with van der Waals surface area (Å²) in [6.07, 6.45) is 6.11. The second-order valence-electron chi connectivity index (χ2n) is 11.0. The Balaban J connectivity index is 1.79. The number of ether oxygens (including phenoxy) is 1. The van der Waals surface area contributed by atoms with Gasteiger partial charge in [-0.2, -0.15) is 0 Å². The molecule has 2 aromatic rings. The third-order valence-electron chi connectivity index (χ3n) is 7.63. The Morgan fingerprint density at radius 3 is 2.47 bits per heavy atom. The molecule has 4 nitrogen and oxygen atoms in total. The summed E-state index contributed by atoms with van der Waals surface area (Å²) in [7, 11) is -0.443. The van der Waals surface area contributed by atoms with Crippen LogP contribution < -0.4 is 0 Å². The van der Waals surface area contributed by atoms with Crippen LogP contribution in [0.25, 0.3) is 6.08 Å². The Kier molecular flexibility index (Phi) is 9.86. The number of methoxy groups -OCH3 is 1. The van der Waals surface area contributed by atoms with Crippen molar-refractivity contribution >= 4 is 43.6 Å².